The fraction of sp³-hybridized carbons (Fsp3) is 0.857. The number of nitrogens with zero attached hydrogens (tertiary/aromatic N) is 1. The molecule has 0 spiro atoms. The first-order valence-corrected chi connectivity index (χ1v) is 6.20. The monoisotopic (exact) mass is 254 g/mol. The van der Waals surface area contributed by atoms with Crippen LogP contribution in [0.3, 0.4) is 0 Å². The molecule has 0 aliphatic carbocycles. The van der Waals surface area contributed by atoms with E-state index in [0.29, 0.717) is 25.4 Å². The minimum Gasteiger partial charge on any atom is -0.324 e. The zero-order valence-electron chi connectivity index (χ0n) is 8.28. The third kappa shape index (κ3) is 2.52. The highest BCUT2D eigenvalue weighted by molar-refractivity contribution is 7.21. The van der Waals surface area contributed by atoms with Gasteiger partial charge in [-0.2, -0.15) is 0 Å². The van der Waals surface area contributed by atoms with Crippen LogP contribution in [-0.2, 0) is 9.36 Å². The molecule has 0 aromatic rings. The number of amides is 1. The molecule has 88 valence electrons. The van der Waals surface area contributed by atoms with Crippen molar-refractivity contribution in [2.75, 3.05) is 19.0 Å². The van der Waals surface area contributed by atoms with Gasteiger partial charge in [0.15, 0.2) is 14.3 Å². The molecule has 15 heavy (non-hydrogen) atoms. The van der Waals surface area contributed by atoms with E-state index in [1.807, 2.05) is 0 Å². The summed E-state index contributed by atoms with van der Waals surface area (Å²) in [6.07, 6.45) is 0.534. The van der Waals surface area contributed by atoms with Gasteiger partial charge in [-0.15, -0.1) is 11.6 Å². The van der Waals surface area contributed by atoms with Crippen molar-refractivity contribution in [3.63, 3.8) is 0 Å². The lowest BCUT2D eigenvalue weighted by molar-refractivity contribution is -0.136. The molecule has 5 N–H and O–H groups in total. The fourth-order valence-corrected chi connectivity index (χ4v) is 2.22. The molecule has 0 aromatic carbocycles. The molecule has 8 heteroatoms. The smallest absolute Gasteiger partial charge is 0.264 e. The average molecular weight is 255 g/mol. The van der Waals surface area contributed by atoms with Gasteiger partial charge in [0.1, 0.15) is 0 Å². The van der Waals surface area contributed by atoms with Crippen LogP contribution in [0, 0.1) is 0 Å². The Morgan fingerprint density at radius 1 is 1.73 bits per heavy atom. The third-order valence-electron chi connectivity index (χ3n) is 2.52. The summed E-state index contributed by atoms with van der Waals surface area (Å²) in [6, 6.07) is -0.476. The Morgan fingerprint density at radius 2 is 2.40 bits per heavy atom. The summed E-state index contributed by atoms with van der Waals surface area (Å²) in [5, 5.41) is 2.82. The van der Waals surface area contributed by atoms with Gasteiger partial charge in [-0.1, -0.05) is 0 Å². The maximum atomic E-state index is 11.8. The first-order chi connectivity index (χ1) is 7.06. The van der Waals surface area contributed by atoms with Crippen molar-refractivity contribution < 1.29 is 9.36 Å². The van der Waals surface area contributed by atoms with Gasteiger partial charge in [-0.25, -0.2) is 0 Å². The standard InChI is InChI=1S/C7H16ClN4O2P/c8-2-3-11-7(10)5(9)1-4-12(15-14)6(7)13/h5,11H,1-4,9-10,15H2/t5?,7-/m0/s1. The van der Waals surface area contributed by atoms with Gasteiger partial charge in [0.2, 0.25) is 0 Å². The van der Waals surface area contributed by atoms with E-state index in [1.165, 1.54) is 4.67 Å². The maximum absolute atomic E-state index is 11.8. The van der Waals surface area contributed by atoms with Crippen molar-refractivity contribution in [1.29, 1.82) is 0 Å². The molecule has 1 amide bonds. The van der Waals surface area contributed by atoms with Crippen molar-refractivity contribution >= 4 is 26.1 Å². The number of nitrogens with two attached hydrogens (primary N) is 2. The summed E-state index contributed by atoms with van der Waals surface area (Å²) >= 11 is 5.51. The van der Waals surface area contributed by atoms with Crippen molar-refractivity contribution in [2.45, 2.75) is 18.1 Å². The highest BCUT2D eigenvalue weighted by Gasteiger charge is 2.45. The second-order valence-corrected chi connectivity index (χ2v) is 4.70. The van der Waals surface area contributed by atoms with Gasteiger partial charge in [-0.3, -0.25) is 14.8 Å². The van der Waals surface area contributed by atoms with Crippen LogP contribution in [0.1, 0.15) is 6.42 Å². The van der Waals surface area contributed by atoms with E-state index in [2.05, 4.69) is 5.32 Å². The quantitative estimate of drug-likeness (QED) is 0.329. The molecule has 1 heterocycles. The molecular formula is C7H16ClN4O2P. The van der Waals surface area contributed by atoms with E-state index < -0.39 is 26.2 Å². The molecule has 1 aliphatic rings. The number of carbonyl (C=O) groups excluding carboxylic acids is 1. The van der Waals surface area contributed by atoms with Gasteiger partial charge in [0, 0.05) is 25.0 Å². The van der Waals surface area contributed by atoms with Crippen LogP contribution in [0.2, 0.25) is 0 Å². The second-order valence-electron chi connectivity index (χ2n) is 3.48. The molecule has 0 saturated carbocycles. The van der Waals surface area contributed by atoms with Gasteiger partial charge >= 0.3 is 0 Å². The number of rotatable bonds is 4. The molecule has 1 saturated heterocycles. The first kappa shape index (κ1) is 12.9. The maximum Gasteiger partial charge on any atom is 0.264 e. The number of hydrogen-bond acceptors (Lipinski definition) is 5. The van der Waals surface area contributed by atoms with Gasteiger partial charge < -0.3 is 16.0 Å². The van der Waals surface area contributed by atoms with Crippen molar-refractivity contribution in [1.82, 2.24) is 9.99 Å². The van der Waals surface area contributed by atoms with Crippen molar-refractivity contribution in [3.8, 4) is 0 Å². The minimum absolute atomic E-state index is 0.336. The summed E-state index contributed by atoms with van der Waals surface area (Å²) in [5.74, 6) is -0.0697. The van der Waals surface area contributed by atoms with E-state index in [0.717, 1.165) is 0 Å². The van der Waals surface area contributed by atoms with E-state index in [-0.39, 0.29) is 0 Å². The zero-order valence-corrected chi connectivity index (χ0v) is 10.2. The topological polar surface area (TPSA) is 101 Å². The number of halogens is 1. The summed E-state index contributed by atoms with van der Waals surface area (Å²) in [5.41, 5.74) is 10.3. The molecular weight excluding hydrogens is 239 g/mol. The first-order valence-electron chi connectivity index (χ1n) is 4.68. The van der Waals surface area contributed by atoms with Crippen LogP contribution in [0.4, 0.5) is 0 Å². The highest BCUT2D eigenvalue weighted by atomic mass is 35.5. The molecule has 6 nitrogen and oxygen atoms in total. The summed E-state index contributed by atoms with van der Waals surface area (Å²) in [4.78, 5) is 11.8. The summed E-state index contributed by atoms with van der Waals surface area (Å²) < 4.78 is 12.0. The molecule has 0 bridgehead atoms. The number of alkyl halides is 1. The van der Waals surface area contributed by atoms with Crippen LogP contribution >= 0.6 is 20.2 Å². The number of nitrogens with one attached hydrogen (secondary N) is 1. The predicted molar refractivity (Wildman–Crippen MR) is 60.3 cm³/mol. The molecule has 0 radical (unpaired) electrons. The normalized spacial score (nSPS) is 32.9. The number of carbonyl (C=O) groups is 1. The third-order valence-corrected chi connectivity index (χ3v) is 3.46. The van der Waals surface area contributed by atoms with E-state index in [9.17, 15) is 9.36 Å². The molecule has 1 aliphatic heterocycles. The van der Waals surface area contributed by atoms with E-state index in [4.69, 9.17) is 23.1 Å². The minimum atomic E-state index is -1.33. The second kappa shape index (κ2) is 5.27. The van der Waals surface area contributed by atoms with Crippen LogP contribution in [0.5, 0.6) is 0 Å². The molecule has 2 unspecified atom stereocenters. The number of hydrogen-bond donors (Lipinski definition) is 3. The van der Waals surface area contributed by atoms with Gasteiger partial charge in [0.25, 0.3) is 5.91 Å². The van der Waals surface area contributed by atoms with Gasteiger partial charge in [0.05, 0.1) is 0 Å². The number of piperidine rings is 1. The van der Waals surface area contributed by atoms with Gasteiger partial charge in [-0.05, 0) is 6.42 Å². The van der Waals surface area contributed by atoms with Crippen LogP contribution < -0.4 is 16.8 Å². The lowest BCUT2D eigenvalue weighted by Crippen LogP contribution is -2.74. The Balaban J connectivity index is 2.80. The predicted octanol–water partition coefficient (Wildman–Crippen LogP) is -1.30. The largest absolute Gasteiger partial charge is 0.324 e. The lowest BCUT2D eigenvalue weighted by Gasteiger charge is -2.41. The Labute approximate surface area is 94.6 Å². The van der Waals surface area contributed by atoms with E-state index in [1.54, 1.807) is 0 Å². The lowest BCUT2D eigenvalue weighted by atomic mass is 9.94. The molecule has 1 fully saturated rings. The Hall–Kier alpha value is -0.130. The molecule has 3 atom stereocenters. The van der Waals surface area contributed by atoms with Crippen LogP contribution in [-0.4, -0.2) is 41.3 Å². The van der Waals surface area contributed by atoms with Crippen molar-refractivity contribution in [2.24, 2.45) is 11.5 Å². The summed E-state index contributed by atoms with van der Waals surface area (Å²) in [6.45, 7) is 0.792. The van der Waals surface area contributed by atoms with E-state index >= 15 is 0 Å². The average Bonchev–Trinajstić information content (AvgIpc) is 2.24. The fourth-order valence-electron chi connectivity index (χ4n) is 1.56. The van der Waals surface area contributed by atoms with Crippen LogP contribution in [0.15, 0.2) is 0 Å². The summed E-state index contributed by atoms with van der Waals surface area (Å²) in [7, 11) is -1.30. The van der Waals surface area contributed by atoms with Crippen molar-refractivity contribution in [3.05, 3.63) is 0 Å². The molecule has 1 rings (SSSR count). The Kier molecular flexibility index (Phi) is 4.55. The SMILES string of the molecule is NC1CCN([PH2]=O)C(=O)[C@@]1(N)NCCCl. The zero-order chi connectivity index (χ0) is 11.5. The highest BCUT2D eigenvalue weighted by Crippen LogP contribution is 2.22. The Morgan fingerprint density at radius 3 is 2.93 bits per heavy atom. The Bertz CT molecular complexity index is 267. The van der Waals surface area contributed by atoms with Crippen LogP contribution in [0.25, 0.3) is 0 Å². The molecule has 0 aromatic heterocycles.